The molecule has 138 valence electrons. The number of nitrogens with zero attached hydrogens (tertiary/aromatic N) is 3. The monoisotopic (exact) mass is 400 g/mol. The van der Waals surface area contributed by atoms with Gasteiger partial charge in [0.05, 0.1) is 39.1 Å². The van der Waals surface area contributed by atoms with Crippen LogP contribution in [0.5, 0.6) is 0 Å². The van der Waals surface area contributed by atoms with Crippen LogP contribution in [0.25, 0.3) is 22.0 Å². The predicted molar refractivity (Wildman–Crippen MR) is 108 cm³/mol. The van der Waals surface area contributed by atoms with Crippen molar-refractivity contribution in [3.8, 4) is 17.2 Å². The molecule has 0 aliphatic heterocycles. The molecule has 1 saturated carbocycles. The predicted octanol–water partition coefficient (Wildman–Crippen LogP) is 4.94. The van der Waals surface area contributed by atoms with E-state index < -0.39 is 0 Å². The summed E-state index contributed by atoms with van der Waals surface area (Å²) in [5.41, 5.74) is 9.30. The van der Waals surface area contributed by atoms with Crippen LogP contribution in [0.3, 0.4) is 0 Å². The average molecular weight is 401 g/mol. The second kappa shape index (κ2) is 7.05. The van der Waals surface area contributed by atoms with Crippen LogP contribution in [-0.2, 0) is 0 Å². The maximum absolute atomic E-state index is 9.84. The van der Waals surface area contributed by atoms with Gasteiger partial charge in [-0.2, -0.15) is 5.26 Å². The van der Waals surface area contributed by atoms with E-state index in [0.29, 0.717) is 21.3 Å². The molecule has 1 aliphatic rings. The number of benzene rings is 1. The first-order valence-electron chi connectivity index (χ1n) is 8.81. The standard InChI is InChI=1S/C20H18Cl2N4O/c21-17-6-19-14(5-11(17)7-23)16(15-8-25-9-18(24)20(15)22)10-26(19)12-1-3-13(27)4-2-12/h5-6,8-10,12-13,27H,1-4,24H2/t12-,13-. The second-order valence-electron chi connectivity index (χ2n) is 6.96. The van der Waals surface area contributed by atoms with Crippen LogP contribution in [0, 0.1) is 11.3 Å². The van der Waals surface area contributed by atoms with Crippen molar-refractivity contribution >= 4 is 39.8 Å². The molecule has 3 N–H and O–H groups in total. The smallest absolute Gasteiger partial charge is 0.101 e. The van der Waals surface area contributed by atoms with Crippen molar-refractivity contribution in [2.24, 2.45) is 0 Å². The van der Waals surface area contributed by atoms with E-state index in [0.717, 1.165) is 47.7 Å². The number of rotatable bonds is 2. The highest BCUT2D eigenvalue weighted by Crippen LogP contribution is 2.41. The van der Waals surface area contributed by atoms with E-state index in [1.54, 1.807) is 12.3 Å². The van der Waals surface area contributed by atoms with Crippen LogP contribution in [-0.4, -0.2) is 20.8 Å². The number of aliphatic hydroxyl groups excluding tert-OH is 1. The van der Waals surface area contributed by atoms with Gasteiger partial charge in [0.2, 0.25) is 0 Å². The Hall–Kier alpha value is -2.26. The van der Waals surface area contributed by atoms with E-state index in [-0.39, 0.29) is 12.1 Å². The van der Waals surface area contributed by atoms with Crippen LogP contribution >= 0.6 is 23.2 Å². The summed E-state index contributed by atoms with van der Waals surface area (Å²) in [7, 11) is 0. The van der Waals surface area contributed by atoms with Gasteiger partial charge in [0.15, 0.2) is 0 Å². The van der Waals surface area contributed by atoms with Crippen molar-refractivity contribution in [1.82, 2.24) is 9.55 Å². The fourth-order valence-electron chi connectivity index (χ4n) is 3.86. The Bertz CT molecular complexity index is 1060. The van der Waals surface area contributed by atoms with E-state index in [4.69, 9.17) is 28.9 Å². The Kier molecular flexibility index (Phi) is 4.73. The minimum absolute atomic E-state index is 0.233. The molecule has 2 aromatic heterocycles. The highest BCUT2D eigenvalue weighted by molar-refractivity contribution is 6.36. The fraction of sp³-hybridized carbons (Fsp3) is 0.300. The second-order valence-corrected chi connectivity index (χ2v) is 7.75. The van der Waals surface area contributed by atoms with Gasteiger partial charge in [-0.3, -0.25) is 4.98 Å². The topological polar surface area (TPSA) is 87.9 Å². The van der Waals surface area contributed by atoms with E-state index in [1.165, 1.54) is 6.20 Å². The molecule has 5 nitrogen and oxygen atoms in total. The van der Waals surface area contributed by atoms with Crippen molar-refractivity contribution in [2.45, 2.75) is 37.8 Å². The number of aromatic nitrogens is 2. The Balaban J connectivity index is 1.96. The molecule has 1 fully saturated rings. The first-order valence-corrected chi connectivity index (χ1v) is 9.56. The lowest BCUT2D eigenvalue weighted by Crippen LogP contribution is -2.20. The number of hydrogen-bond donors (Lipinski definition) is 2. The van der Waals surface area contributed by atoms with Crippen LogP contribution in [0.15, 0.2) is 30.7 Å². The molecule has 7 heteroatoms. The van der Waals surface area contributed by atoms with Gasteiger partial charge in [0, 0.05) is 34.9 Å². The molecule has 0 unspecified atom stereocenters. The summed E-state index contributed by atoms with van der Waals surface area (Å²) in [6.45, 7) is 0. The number of pyridine rings is 1. The summed E-state index contributed by atoms with van der Waals surface area (Å²) in [5, 5.41) is 21.0. The van der Waals surface area contributed by atoms with E-state index in [1.807, 2.05) is 12.3 Å². The van der Waals surface area contributed by atoms with Gasteiger partial charge in [-0.05, 0) is 37.8 Å². The minimum atomic E-state index is -0.233. The van der Waals surface area contributed by atoms with Gasteiger partial charge in [-0.25, -0.2) is 0 Å². The first-order chi connectivity index (χ1) is 13.0. The minimum Gasteiger partial charge on any atom is -0.396 e. The summed E-state index contributed by atoms with van der Waals surface area (Å²) in [6, 6.07) is 6.01. The summed E-state index contributed by atoms with van der Waals surface area (Å²) in [5.74, 6) is 0. The Morgan fingerprint density at radius 1 is 1.15 bits per heavy atom. The lowest BCUT2D eigenvalue weighted by Gasteiger charge is -2.27. The molecule has 4 rings (SSSR count). The van der Waals surface area contributed by atoms with Gasteiger partial charge in [0.1, 0.15) is 6.07 Å². The summed E-state index contributed by atoms with van der Waals surface area (Å²) in [6.07, 6.45) is 8.30. The first kappa shape index (κ1) is 18.1. The molecule has 27 heavy (non-hydrogen) atoms. The lowest BCUT2D eigenvalue weighted by atomic mass is 9.93. The maximum Gasteiger partial charge on any atom is 0.101 e. The number of halogens is 2. The van der Waals surface area contributed by atoms with Gasteiger partial charge in [0.25, 0.3) is 0 Å². The highest BCUT2D eigenvalue weighted by atomic mass is 35.5. The van der Waals surface area contributed by atoms with Crippen molar-refractivity contribution in [3.63, 3.8) is 0 Å². The SMILES string of the molecule is N#Cc1cc2c(-c3cncc(N)c3Cl)cn([C@H]3CC[C@H](O)CC3)c2cc1Cl. The highest BCUT2D eigenvalue weighted by Gasteiger charge is 2.24. The van der Waals surface area contributed by atoms with Crippen LogP contribution in [0.4, 0.5) is 5.69 Å². The number of aliphatic hydroxyl groups is 1. The molecule has 0 spiro atoms. The Morgan fingerprint density at radius 3 is 2.59 bits per heavy atom. The zero-order valence-electron chi connectivity index (χ0n) is 14.5. The van der Waals surface area contributed by atoms with Gasteiger partial charge >= 0.3 is 0 Å². The van der Waals surface area contributed by atoms with Gasteiger partial charge in [-0.15, -0.1) is 0 Å². The Morgan fingerprint density at radius 2 is 1.89 bits per heavy atom. The molecule has 0 amide bonds. The molecule has 0 radical (unpaired) electrons. The summed E-state index contributed by atoms with van der Waals surface area (Å²) in [4.78, 5) is 4.18. The molecule has 1 aliphatic carbocycles. The van der Waals surface area contributed by atoms with Crippen molar-refractivity contribution in [2.75, 3.05) is 5.73 Å². The summed E-state index contributed by atoms with van der Waals surface area (Å²) < 4.78 is 2.18. The van der Waals surface area contributed by atoms with Crippen LogP contribution in [0.2, 0.25) is 10.0 Å². The van der Waals surface area contributed by atoms with E-state index >= 15 is 0 Å². The zero-order chi connectivity index (χ0) is 19.1. The molecular weight excluding hydrogens is 383 g/mol. The van der Waals surface area contributed by atoms with Crippen molar-refractivity contribution in [1.29, 1.82) is 5.26 Å². The Labute approximate surface area is 166 Å². The van der Waals surface area contributed by atoms with Crippen molar-refractivity contribution in [3.05, 3.63) is 46.3 Å². The normalized spacial score (nSPS) is 19.9. The number of nitrogen functional groups attached to an aromatic ring is 1. The van der Waals surface area contributed by atoms with Gasteiger partial charge < -0.3 is 15.4 Å². The molecule has 0 atom stereocenters. The third-order valence-electron chi connectivity index (χ3n) is 5.30. The number of hydrogen-bond acceptors (Lipinski definition) is 4. The largest absolute Gasteiger partial charge is 0.396 e. The van der Waals surface area contributed by atoms with Crippen LogP contribution in [0.1, 0.15) is 37.3 Å². The third-order valence-corrected chi connectivity index (χ3v) is 6.03. The molecule has 2 heterocycles. The number of nitrogens with two attached hydrogens (primary N) is 1. The maximum atomic E-state index is 9.84. The molecular formula is C20H18Cl2N4O. The average Bonchev–Trinajstić information content (AvgIpc) is 3.02. The number of anilines is 1. The number of fused-ring (bicyclic) bond motifs is 1. The zero-order valence-corrected chi connectivity index (χ0v) is 16.0. The fourth-order valence-corrected chi connectivity index (χ4v) is 4.26. The van der Waals surface area contributed by atoms with Gasteiger partial charge in [-0.1, -0.05) is 23.2 Å². The molecule has 1 aromatic carbocycles. The van der Waals surface area contributed by atoms with E-state index in [2.05, 4.69) is 15.6 Å². The molecule has 0 bridgehead atoms. The van der Waals surface area contributed by atoms with Crippen LogP contribution < -0.4 is 5.73 Å². The third kappa shape index (κ3) is 3.14. The lowest BCUT2D eigenvalue weighted by molar-refractivity contribution is 0.111. The van der Waals surface area contributed by atoms with E-state index in [9.17, 15) is 10.4 Å². The summed E-state index contributed by atoms with van der Waals surface area (Å²) >= 11 is 12.8. The number of nitriles is 1. The molecule has 0 saturated heterocycles. The molecule has 3 aromatic rings. The van der Waals surface area contributed by atoms with Crippen molar-refractivity contribution < 1.29 is 5.11 Å². The quantitative estimate of drug-likeness (QED) is 0.637.